The molecule has 1 aromatic carbocycles. The van der Waals surface area contributed by atoms with Crippen LogP contribution in [0.25, 0.3) is 0 Å². The van der Waals surface area contributed by atoms with Gasteiger partial charge < -0.3 is 9.84 Å². The number of rotatable bonds is 3. The number of hydrazone groups is 1. The van der Waals surface area contributed by atoms with Gasteiger partial charge in [0.2, 0.25) is 0 Å². The number of halogens is 5. The van der Waals surface area contributed by atoms with Crippen LogP contribution >= 0.6 is 23.2 Å². The number of ether oxygens (including phenoxy) is 1. The van der Waals surface area contributed by atoms with Crippen molar-refractivity contribution in [1.29, 1.82) is 0 Å². The van der Waals surface area contributed by atoms with E-state index in [1.54, 1.807) is 0 Å². The topological polar surface area (TPSA) is 62.1 Å². The van der Waals surface area contributed by atoms with E-state index in [0.29, 0.717) is 24.3 Å². The standard InChI is InChI=1S/C16H15Cl2F3N2O3/c17-9-5-6-13(11(18)7-9)26-8-14(24)23-15(25,16(19,20)21)10-3-1-2-4-12(10)22-23/h5-7,10,25H,1-4,8H2/t10-,15-/m0/s1. The van der Waals surface area contributed by atoms with Crippen molar-refractivity contribution >= 4 is 34.8 Å². The van der Waals surface area contributed by atoms with Gasteiger partial charge in [0.1, 0.15) is 5.75 Å². The Balaban J connectivity index is 1.81. The lowest BCUT2D eigenvalue weighted by Gasteiger charge is -2.38. The van der Waals surface area contributed by atoms with Crippen LogP contribution in [0.4, 0.5) is 13.2 Å². The van der Waals surface area contributed by atoms with Gasteiger partial charge >= 0.3 is 6.18 Å². The van der Waals surface area contributed by atoms with Crippen LogP contribution in [-0.2, 0) is 4.79 Å². The largest absolute Gasteiger partial charge is 0.482 e. The quantitative estimate of drug-likeness (QED) is 0.818. The lowest BCUT2D eigenvalue weighted by Crippen LogP contribution is -2.62. The van der Waals surface area contributed by atoms with E-state index in [-0.39, 0.29) is 27.9 Å². The molecule has 5 nitrogen and oxygen atoms in total. The zero-order chi connectivity index (χ0) is 19.1. The summed E-state index contributed by atoms with van der Waals surface area (Å²) in [5, 5.41) is 14.7. The number of carbonyl (C=O) groups is 1. The maximum absolute atomic E-state index is 13.6. The van der Waals surface area contributed by atoms with Gasteiger partial charge in [0.05, 0.1) is 10.9 Å². The Kier molecular flexibility index (Phi) is 5.11. The summed E-state index contributed by atoms with van der Waals surface area (Å²) in [6.45, 7) is -0.761. The van der Waals surface area contributed by atoms with Crippen molar-refractivity contribution in [3.05, 3.63) is 28.2 Å². The molecule has 26 heavy (non-hydrogen) atoms. The molecule has 0 spiro atoms. The van der Waals surface area contributed by atoms with Crippen LogP contribution in [0.1, 0.15) is 25.7 Å². The Hall–Kier alpha value is -1.51. The fraction of sp³-hybridized carbons (Fsp3) is 0.500. The molecule has 10 heteroatoms. The average molecular weight is 411 g/mol. The minimum absolute atomic E-state index is 0.0873. The number of fused-ring (bicyclic) bond motifs is 1. The molecule has 0 radical (unpaired) electrons. The molecule has 1 amide bonds. The van der Waals surface area contributed by atoms with Gasteiger partial charge in [-0.1, -0.05) is 29.6 Å². The first-order valence-electron chi connectivity index (χ1n) is 7.92. The van der Waals surface area contributed by atoms with Gasteiger partial charge in [0.25, 0.3) is 11.6 Å². The second-order valence-corrected chi connectivity index (χ2v) is 7.03. The second-order valence-electron chi connectivity index (χ2n) is 6.18. The van der Waals surface area contributed by atoms with Crippen molar-refractivity contribution in [3.8, 4) is 5.75 Å². The molecule has 0 saturated heterocycles. The van der Waals surface area contributed by atoms with Crippen LogP contribution in [-0.4, -0.2) is 40.2 Å². The Bertz CT molecular complexity index is 757. The Labute approximate surface area is 157 Å². The number of alkyl halides is 3. The molecule has 1 aromatic rings. The minimum Gasteiger partial charge on any atom is -0.482 e. The Morgan fingerprint density at radius 2 is 2.12 bits per heavy atom. The molecule has 1 aliphatic carbocycles. The smallest absolute Gasteiger partial charge is 0.439 e. The lowest BCUT2D eigenvalue weighted by molar-refractivity contribution is -0.317. The zero-order valence-electron chi connectivity index (χ0n) is 13.4. The summed E-state index contributed by atoms with van der Waals surface area (Å²) >= 11 is 11.7. The highest BCUT2D eigenvalue weighted by atomic mass is 35.5. The van der Waals surface area contributed by atoms with Crippen molar-refractivity contribution in [2.24, 2.45) is 11.0 Å². The van der Waals surface area contributed by atoms with Gasteiger partial charge in [-0.05, 0) is 37.5 Å². The predicted octanol–water partition coefficient (Wildman–Crippen LogP) is 4.01. The van der Waals surface area contributed by atoms with E-state index in [9.17, 15) is 23.1 Å². The highest BCUT2D eigenvalue weighted by Gasteiger charge is 2.68. The van der Waals surface area contributed by atoms with Crippen LogP contribution in [0.5, 0.6) is 5.75 Å². The summed E-state index contributed by atoms with van der Waals surface area (Å²) in [5.74, 6) is -2.28. The summed E-state index contributed by atoms with van der Waals surface area (Å²) in [7, 11) is 0. The van der Waals surface area contributed by atoms with Crippen LogP contribution in [0.3, 0.4) is 0 Å². The van der Waals surface area contributed by atoms with Crippen molar-refractivity contribution in [1.82, 2.24) is 5.01 Å². The SMILES string of the molecule is O=C(COc1ccc(Cl)cc1Cl)N1N=C2CCCC[C@@H]2[C@]1(O)C(F)(F)F. The van der Waals surface area contributed by atoms with E-state index in [1.807, 2.05) is 0 Å². The molecule has 0 bridgehead atoms. The lowest BCUT2D eigenvalue weighted by atomic mass is 9.80. The van der Waals surface area contributed by atoms with Crippen LogP contribution < -0.4 is 4.74 Å². The molecule has 1 fully saturated rings. The highest BCUT2D eigenvalue weighted by molar-refractivity contribution is 6.35. The number of nitrogens with zero attached hydrogens (tertiary/aromatic N) is 2. The third kappa shape index (κ3) is 3.25. The molecule has 142 valence electrons. The van der Waals surface area contributed by atoms with E-state index in [2.05, 4.69) is 5.10 Å². The Morgan fingerprint density at radius 1 is 1.38 bits per heavy atom. The van der Waals surface area contributed by atoms with Crippen molar-refractivity contribution in [2.45, 2.75) is 37.6 Å². The molecule has 0 aromatic heterocycles. The van der Waals surface area contributed by atoms with E-state index < -0.39 is 30.3 Å². The normalized spacial score (nSPS) is 25.7. The number of benzene rings is 1. The first kappa shape index (κ1) is 19.3. The molecule has 3 rings (SSSR count). The summed E-state index contributed by atoms with van der Waals surface area (Å²) in [6.07, 6.45) is -3.42. The first-order valence-corrected chi connectivity index (χ1v) is 8.67. The van der Waals surface area contributed by atoms with Crippen LogP contribution in [0.2, 0.25) is 10.0 Å². The van der Waals surface area contributed by atoms with Crippen LogP contribution in [0.15, 0.2) is 23.3 Å². The van der Waals surface area contributed by atoms with E-state index in [0.717, 1.165) is 0 Å². The highest BCUT2D eigenvalue weighted by Crippen LogP contribution is 2.48. The van der Waals surface area contributed by atoms with Gasteiger partial charge in [-0.25, -0.2) is 0 Å². The number of carbonyl (C=O) groups excluding carboxylic acids is 1. The predicted molar refractivity (Wildman–Crippen MR) is 89.2 cm³/mol. The van der Waals surface area contributed by atoms with Gasteiger partial charge in [-0.2, -0.15) is 23.3 Å². The number of amides is 1. The maximum Gasteiger partial charge on any atom is 0.439 e. The molecule has 1 saturated carbocycles. The fourth-order valence-electron chi connectivity index (χ4n) is 3.26. The second kappa shape index (κ2) is 6.90. The van der Waals surface area contributed by atoms with Gasteiger partial charge in [0, 0.05) is 10.7 Å². The minimum atomic E-state index is -5.05. The zero-order valence-corrected chi connectivity index (χ0v) is 14.9. The Morgan fingerprint density at radius 3 is 2.77 bits per heavy atom. The van der Waals surface area contributed by atoms with Crippen molar-refractivity contribution < 1.29 is 27.8 Å². The molecule has 1 heterocycles. The fourth-order valence-corrected chi connectivity index (χ4v) is 3.72. The van der Waals surface area contributed by atoms with Crippen molar-refractivity contribution in [2.75, 3.05) is 6.61 Å². The van der Waals surface area contributed by atoms with Crippen molar-refractivity contribution in [3.63, 3.8) is 0 Å². The monoisotopic (exact) mass is 410 g/mol. The van der Waals surface area contributed by atoms with E-state index in [1.165, 1.54) is 18.2 Å². The molecule has 0 unspecified atom stereocenters. The third-order valence-electron chi connectivity index (χ3n) is 4.51. The van der Waals surface area contributed by atoms with E-state index in [4.69, 9.17) is 27.9 Å². The number of hydrogen-bond acceptors (Lipinski definition) is 4. The van der Waals surface area contributed by atoms with E-state index >= 15 is 0 Å². The number of aliphatic hydroxyl groups is 1. The number of hydrogen-bond donors (Lipinski definition) is 1. The maximum atomic E-state index is 13.6. The third-order valence-corrected chi connectivity index (χ3v) is 5.04. The first-order chi connectivity index (χ1) is 12.1. The summed E-state index contributed by atoms with van der Waals surface area (Å²) < 4.78 is 46.0. The molecule has 2 atom stereocenters. The summed E-state index contributed by atoms with van der Waals surface area (Å²) in [6, 6.07) is 4.23. The van der Waals surface area contributed by atoms with Crippen LogP contribution in [0, 0.1) is 5.92 Å². The summed E-state index contributed by atoms with van der Waals surface area (Å²) in [5.41, 5.74) is -3.17. The van der Waals surface area contributed by atoms with Gasteiger partial charge in [-0.3, -0.25) is 4.79 Å². The molecule has 2 aliphatic rings. The average Bonchev–Trinajstić information content (AvgIpc) is 2.88. The molecular weight excluding hydrogens is 396 g/mol. The molecule has 1 aliphatic heterocycles. The van der Waals surface area contributed by atoms with Gasteiger partial charge in [-0.15, -0.1) is 0 Å². The van der Waals surface area contributed by atoms with Gasteiger partial charge in [0.15, 0.2) is 6.61 Å². The summed E-state index contributed by atoms with van der Waals surface area (Å²) in [4.78, 5) is 12.4. The molecule has 1 N–H and O–H groups in total. The molecular formula is C16H15Cl2F3N2O3.